The maximum absolute atomic E-state index is 13.0. The van der Waals surface area contributed by atoms with Crippen molar-refractivity contribution in [3.8, 4) is 5.69 Å². The van der Waals surface area contributed by atoms with E-state index in [1.54, 1.807) is 7.05 Å². The summed E-state index contributed by atoms with van der Waals surface area (Å²) in [6.45, 7) is 5.04. The molecule has 1 fully saturated rings. The Balaban J connectivity index is 1.52. The standard InChI is InChI=1S/C20H23N5O2S/c1-14-16-12-17(28-20(16)25(22-14)15-6-4-3-5-7-15)19(27)24-10-8-23(9-11-24)13-18(26)21-2/h3-7,12H,8-11,13H2,1-2H3,(H,21,26). The lowest BCUT2D eigenvalue weighted by molar-refractivity contribution is -0.122. The minimum Gasteiger partial charge on any atom is -0.358 e. The van der Waals surface area contributed by atoms with Crippen LogP contribution in [0.25, 0.3) is 15.9 Å². The van der Waals surface area contributed by atoms with Gasteiger partial charge in [0.15, 0.2) is 0 Å². The second-order valence-electron chi connectivity index (χ2n) is 6.90. The summed E-state index contributed by atoms with van der Waals surface area (Å²) in [5.41, 5.74) is 1.91. The molecule has 0 saturated carbocycles. The first-order valence-corrected chi connectivity index (χ1v) is 10.2. The summed E-state index contributed by atoms with van der Waals surface area (Å²) in [6, 6.07) is 11.9. The Morgan fingerprint density at radius 2 is 1.86 bits per heavy atom. The summed E-state index contributed by atoms with van der Waals surface area (Å²) in [7, 11) is 1.64. The predicted octanol–water partition coefficient (Wildman–Crippen LogP) is 1.90. The molecule has 1 N–H and O–H groups in total. The third-order valence-corrected chi connectivity index (χ3v) is 6.16. The monoisotopic (exact) mass is 397 g/mol. The van der Waals surface area contributed by atoms with Gasteiger partial charge in [-0.15, -0.1) is 11.3 Å². The van der Waals surface area contributed by atoms with Crippen LogP contribution in [0.3, 0.4) is 0 Å². The Hall–Kier alpha value is -2.71. The van der Waals surface area contributed by atoms with Gasteiger partial charge in [-0.3, -0.25) is 14.5 Å². The van der Waals surface area contributed by atoms with E-state index in [0.29, 0.717) is 32.7 Å². The molecule has 2 amide bonds. The molecule has 0 spiro atoms. The fourth-order valence-electron chi connectivity index (χ4n) is 3.44. The van der Waals surface area contributed by atoms with Gasteiger partial charge in [0.05, 0.1) is 22.8 Å². The lowest BCUT2D eigenvalue weighted by atomic mass is 10.2. The Bertz CT molecular complexity index is 1000. The zero-order chi connectivity index (χ0) is 19.7. The van der Waals surface area contributed by atoms with E-state index in [9.17, 15) is 9.59 Å². The van der Waals surface area contributed by atoms with E-state index >= 15 is 0 Å². The van der Waals surface area contributed by atoms with E-state index in [2.05, 4.69) is 15.3 Å². The number of aromatic nitrogens is 2. The predicted molar refractivity (Wildman–Crippen MR) is 110 cm³/mol. The summed E-state index contributed by atoms with van der Waals surface area (Å²) in [5.74, 6) is 0.0602. The number of piperazine rings is 1. The Morgan fingerprint density at radius 3 is 2.54 bits per heavy atom. The van der Waals surface area contributed by atoms with Crippen LogP contribution < -0.4 is 5.32 Å². The average Bonchev–Trinajstić information content (AvgIpc) is 3.29. The highest BCUT2D eigenvalue weighted by atomic mass is 32.1. The SMILES string of the molecule is CNC(=O)CN1CCN(C(=O)c2cc3c(C)nn(-c4ccccc4)c3s2)CC1. The molecule has 7 nitrogen and oxygen atoms in total. The van der Waals surface area contributed by atoms with Gasteiger partial charge in [0.25, 0.3) is 5.91 Å². The first-order chi connectivity index (χ1) is 13.6. The second kappa shape index (κ2) is 7.73. The van der Waals surface area contributed by atoms with Gasteiger partial charge in [-0.05, 0) is 25.1 Å². The first-order valence-electron chi connectivity index (χ1n) is 9.33. The van der Waals surface area contributed by atoms with Crippen molar-refractivity contribution in [1.29, 1.82) is 0 Å². The number of fused-ring (bicyclic) bond motifs is 1. The number of carbonyl (C=O) groups excluding carboxylic acids is 2. The molecule has 146 valence electrons. The molecule has 1 aliphatic heterocycles. The number of para-hydroxylation sites is 1. The lowest BCUT2D eigenvalue weighted by Crippen LogP contribution is -2.50. The van der Waals surface area contributed by atoms with E-state index in [0.717, 1.165) is 26.5 Å². The molecule has 8 heteroatoms. The summed E-state index contributed by atoms with van der Waals surface area (Å²) < 4.78 is 1.91. The van der Waals surface area contributed by atoms with Crippen molar-refractivity contribution in [2.75, 3.05) is 39.8 Å². The molecule has 2 aromatic heterocycles. The van der Waals surface area contributed by atoms with Gasteiger partial charge in [0, 0.05) is 38.6 Å². The third-order valence-electron chi connectivity index (χ3n) is 5.06. The van der Waals surface area contributed by atoms with Crippen LogP contribution in [0.2, 0.25) is 0 Å². The Kier molecular flexibility index (Phi) is 5.15. The van der Waals surface area contributed by atoms with Gasteiger partial charge in [-0.2, -0.15) is 5.10 Å². The molecule has 3 aromatic rings. The van der Waals surface area contributed by atoms with Crippen LogP contribution in [-0.2, 0) is 4.79 Å². The molecule has 3 heterocycles. The fraction of sp³-hybridized carbons (Fsp3) is 0.350. The van der Waals surface area contributed by atoms with E-state index in [4.69, 9.17) is 0 Å². The van der Waals surface area contributed by atoms with E-state index in [1.807, 2.05) is 52.9 Å². The highest BCUT2D eigenvalue weighted by Crippen LogP contribution is 2.31. The molecular formula is C20H23N5O2S. The summed E-state index contributed by atoms with van der Waals surface area (Å²) in [5, 5.41) is 8.30. The first kappa shape index (κ1) is 18.6. The van der Waals surface area contributed by atoms with Crippen molar-refractivity contribution in [3.05, 3.63) is 47.0 Å². The smallest absolute Gasteiger partial charge is 0.264 e. The third kappa shape index (κ3) is 3.53. The van der Waals surface area contributed by atoms with Crippen LogP contribution in [0.15, 0.2) is 36.4 Å². The van der Waals surface area contributed by atoms with Crippen LogP contribution >= 0.6 is 11.3 Å². The number of likely N-dealkylation sites (N-methyl/N-ethyl adjacent to an activating group) is 1. The van der Waals surface area contributed by atoms with Crippen LogP contribution in [0.4, 0.5) is 0 Å². The maximum Gasteiger partial charge on any atom is 0.264 e. The van der Waals surface area contributed by atoms with E-state index in [1.165, 1.54) is 11.3 Å². The minimum absolute atomic E-state index is 0.00484. The zero-order valence-electron chi connectivity index (χ0n) is 16.0. The quantitative estimate of drug-likeness (QED) is 0.730. The van der Waals surface area contributed by atoms with Crippen LogP contribution in [0, 0.1) is 6.92 Å². The molecule has 1 aliphatic rings. The molecule has 4 rings (SSSR count). The molecule has 0 unspecified atom stereocenters. The summed E-state index contributed by atoms with van der Waals surface area (Å²) in [6.07, 6.45) is 0. The number of hydrogen-bond acceptors (Lipinski definition) is 5. The molecule has 1 saturated heterocycles. The van der Waals surface area contributed by atoms with E-state index < -0.39 is 0 Å². The Morgan fingerprint density at radius 1 is 1.14 bits per heavy atom. The lowest BCUT2D eigenvalue weighted by Gasteiger charge is -2.34. The largest absolute Gasteiger partial charge is 0.358 e. The number of amides is 2. The number of carbonyl (C=O) groups is 2. The van der Waals surface area contributed by atoms with Gasteiger partial charge in [-0.1, -0.05) is 18.2 Å². The fourth-order valence-corrected chi connectivity index (χ4v) is 4.59. The number of rotatable bonds is 4. The summed E-state index contributed by atoms with van der Waals surface area (Å²) in [4.78, 5) is 30.2. The number of nitrogens with one attached hydrogen (secondary N) is 1. The number of nitrogens with zero attached hydrogens (tertiary/aromatic N) is 4. The van der Waals surface area contributed by atoms with Gasteiger partial charge in [-0.25, -0.2) is 4.68 Å². The highest BCUT2D eigenvalue weighted by Gasteiger charge is 2.25. The van der Waals surface area contributed by atoms with Gasteiger partial charge in [0.2, 0.25) is 5.91 Å². The van der Waals surface area contributed by atoms with Gasteiger partial charge in [0.1, 0.15) is 4.83 Å². The number of aryl methyl sites for hydroxylation is 1. The van der Waals surface area contributed by atoms with Gasteiger partial charge < -0.3 is 10.2 Å². The molecule has 0 aliphatic carbocycles. The zero-order valence-corrected chi connectivity index (χ0v) is 16.8. The molecular weight excluding hydrogens is 374 g/mol. The Labute approximate surface area is 167 Å². The molecule has 0 atom stereocenters. The average molecular weight is 398 g/mol. The second-order valence-corrected chi connectivity index (χ2v) is 7.93. The topological polar surface area (TPSA) is 70.5 Å². The maximum atomic E-state index is 13.0. The van der Waals surface area contributed by atoms with Crippen molar-refractivity contribution in [3.63, 3.8) is 0 Å². The summed E-state index contributed by atoms with van der Waals surface area (Å²) >= 11 is 1.49. The number of hydrogen-bond donors (Lipinski definition) is 1. The van der Waals surface area contributed by atoms with Crippen LogP contribution in [0.5, 0.6) is 0 Å². The number of thiophene rings is 1. The molecule has 0 radical (unpaired) electrons. The van der Waals surface area contributed by atoms with Crippen molar-refractivity contribution >= 4 is 33.4 Å². The van der Waals surface area contributed by atoms with Crippen molar-refractivity contribution in [2.24, 2.45) is 0 Å². The van der Waals surface area contributed by atoms with Crippen LogP contribution in [0.1, 0.15) is 15.4 Å². The molecule has 28 heavy (non-hydrogen) atoms. The molecule has 1 aromatic carbocycles. The molecule has 0 bridgehead atoms. The van der Waals surface area contributed by atoms with Gasteiger partial charge >= 0.3 is 0 Å². The van der Waals surface area contributed by atoms with Crippen molar-refractivity contribution in [2.45, 2.75) is 6.92 Å². The van der Waals surface area contributed by atoms with Crippen molar-refractivity contribution < 1.29 is 9.59 Å². The van der Waals surface area contributed by atoms with E-state index in [-0.39, 0.29) is 11.8 Å². The highest BCUT2D eigenvalue weighted by molar-refractivity contribution is 7.20. The van der Waals surface area contributed by atoms with Crippen LogP contribution in [-0.4, -0.2) is 71.2 Å². The number of benzene rings is 1. The minimum atomic E-state index is 0.00484. The van der Waals surface area contributed by atoms with Crippen molar-refractivity contribution in [1.82, 2.24) is 24.9 Å². The normalized spacial score (nSPS) is 15.1.